The Morgan fingerprint density at radius 1 is 1.23 bits per heavy atom. The minimum Gasteiger partial charge on any atom is -0.410 e. The van der Waals surface area contributed by atoms with E-state index >= 15 is 0 Å². The first-order chi connectivity index (χ1) is 10.8. The molecule has 112 valence electrons. The van der Waals surface area contributed by atoms with Crippen molar-refractivity contribution in [2.24, 2.45) is 0 Å². The lowest BCUT2D eigenvalue weighted by molar-refractivity contribution is 0.200. The van der Waals surface area contributed by atoms with Gasteiger partial charge in [-0.15, -0.1) is 11.3 Å². The van der Waals surface area contributed by atoms with Crippen LogP contribution in [0.3, 0.4) is 0 Å². The highest BCUT2D eigenvalue weighted by atomic mass is 32.1. The zero-order chi connectivity index (χ0) is 15.2. The van der Waals surface area contributed by atoms with Gasteiger partial charge in [-0.05, 0) is 23.6 Å². The molecule has 6 heteroatoms. The summed E-state index contributed by atoms with van der Waals surface area (Å²) in [7, 11) is 0. The normalized spacial score (nSPS) is 10.4. The van der Waals surface area contributed by atoms with Crippen LogP contribution in [0.1, 0.15) is 5.69 Å². The summed E-state index contributed by atoms with van der Waals surface area (Å²) in [4.78, 5) is 20.3. The standard InChI is InChI=1S/C16H15N3O2S/c20-16(21-12-5-2-1-3-6-12)17-9-8-13-15(19-11-18-13)14-7-4-10-22-14/h1-7,10-11H,8-9H2,(H,17,20)(H,18,19). The van der Waals surface area contributed by atoms with E-state index in [0.717, 1.165) is 16.3 Å². The maximum Gasteiger partial charge on any atom is 0.412 e. The number of nitrogens with one attached hydrogen (secondary N) is 2. The molecule has 1 amide bonds. The quantitative estimate of drug-likeness (QED) is 0.758. The van der Waals surface area contributed by atoms with E-state index in [-0.39, 0.29) is 0 Å². The Kier molecular flexibility index (Phi) is 4.50. The van der Waals surface area contributed by atoms with Gasteiger partial charge in [0.2, 0.25) is 0 Å². The highest BCUT2D eigenvalue weighted by Gasteiger charge is 2.10. The van der Waals surface area contributed by atoms with Gasteiger partial charge >= 0.3 is 6.09 Å². The fourth-order valence-corrected chi connectivity index (χ4v) is 2.81. The Morgan fingerprint density at radius 2 is 2.09 bits per heavy atom. The molecule has 0 saturated carbocycles. The maximum atomic E-state index is 11.7. The lowest BCUT2D eigenvalue weighted by Crippen LogP contribution is -2.28. The first kappa shape index (κ1) is 14.3. The molecule has 3 aromatic rings. The molecule has 0 fully saturated rings. The molecule has 3 rings (SSSR count). The van der Waals surface area contributed by atoms with Crippen molar-refractivity contribution in [1.82, 2.24) is 15.3 Å². The molecular weight excluding hydrogens is 298 g/mol. The number of hydrogen-bond acceptors (Lipinski definition) is 4. The lowest BCUT2D eigenvalue weighted by atomic mass is 10.2. The molecule has 0 atom stereocenters. The van der Waals surface area contributed by atoms with E-state index in [1.165, 1.54) is 0 Å². The summed E-state index contributed by atoms with van der Waals surface area (Å²) in [5.41, 5.74) is 1.94. The SMILES string of the molecule is O=C(NCCc1[nH]cnc1-c1cccs1)Oc1ccccc1. The van der Waals surface area contributed by atoms with Crippen molar-refractivity contribution in [1.29, 1.82) is 0 Å². The first-order valence-corrected chi connectivity index (χ1v) is 7.78. The van der Waals surface area contributed by atoms with Crippen LogP contribution in [-0.4, -0.2) is 22.6 Å². The van der Waals surface area contributed by atoms with Gasteiger partial charge in [-0.25, -0.2) is 9.78 Å². The van der Waals surface area contributed by atoms with Crippen molar-refractivity contribution in [2.45, 2.75) is 6.42 Å². The number of hydrogen-bond donors (Lipinski definition) is 2. The molecule has 0 aliphatic carbocycles. The monoisotopic (exact) mass is 313 g/mol. The molecule has 1 aromatic carbocycles. The van der Waals surface area contributed by atoms with Gasteiger partial charge in [0.1, 0.15) is 11.4 Å². The fraction of sp³-hybridized carbons (Fsp3) is 0.125. The second kappa shape index (κ2) is 6.91. The molecule has 0 spiro atoms. The largest absolute Gasteiger partial charge is 0.412 e. The van der Waals surface area contributed by atoms with Crippen LogP contribution < -0.4 is 10.1 Å². The van der Waals surface area contributed by atoms with Crippen LogP contribution in [0.2, 0.25) is 0 Å². The van der Waals surface area contributed by atoms with Crippen LogP contribution in [0.25, 0.3) is 10.6 Å². The minimum absolute atomic E-state index is 0.455. The molecule has 0 radical (unpaired) electrons. The summed E-state index contributed by atoms with van der Waals surface area (Å²) in [5.74, 6) is 0.529. The summed E-state index contributed by atoms with van der Waals surface area (Å²) >= 11 is 1.64. The summed E-state index contributed by atoms with van der Waals surface area (Å²) in [5, 5.41) is 4.75. The second-order valence-corrected chi connectivity index (χ2v) is 5.53. The zero-order valence-electron chi connectivity index (χ0n) is 11.8. The Labute approximate surface area is 132 Å². The van der Waals surface area contributed by atoms with E-state index in [0.29, 0.717) is 18.7 Å². The third kappa shape index (κ3) is 3.53. The molecule has 5 nitrogen and oxygen atoms in total. The third-order valence-electron chi connectivity index (χ3n) is 3.07. The Balaban J connectivity index is 1.52. The topological polar surface area (TPSA) is 67.0 Å². The van der Waals surface area contributed by atoms with Gasteiger partial charge in [-0.1, -0.05) is 24.3 Å². The van der Waals surface area contributed by atoms with Gasteiger partial charge in [0, 0.05) is 18.7 Å². The van der Waals surface area contributed by atoms with Crippen LogP contribution in [0.15, 0.2) is 54.2 Å². The van der Waals surface area contributed by atoms with E-state index in [1.54, 1.807) is 29.8 Å². The average Bonchev–Trinajstić information content (AvgIpc) is 3.19. The van der Waals surface area contributed by atoms with Crippen molar-refractivity contribution in [3.8, 4) is 16.3 Å². The first-order valence-electron chi connectivity index (χ1n) is 6.90. The number of thiophene rings is 1. The molecule has 2 heterocycles. The molecule has 2 aromatic heterocycles. The number of aromatic nitrogens is 2. The number of carbonyl (C=O) groups excluding carboxylic acids is 1. The van der Waals surface area contributed by atoms with Gasteiger partial charge in [-0.3, -0.25) is 0 Å². The van der Waals surface area contributed by atoms with Gasteiger partial charge < -0.3 is 15.0 Å². The molecule has 0 bridgehead atoms. The molecule has 22 heavy (non-hydrogen) atoms. The van der Waals surface area contributed by atoms with Crippen LogP contribution in [0.4, 0.5) is 4.79 Å². The van der Waals surface area contributed by atoms with E-state index in [1.807, 2.05) is 35.7 Å². The summed E-state index contributed by atoms with van der Waals surface area (Å²) in [6.07, 6.45) is 1.88. The van der Waals surface area contributed by atoms with Gasteiger partial charge in [0.05, 0.1) is 11.2 Å². The molecule has 0 saturated heterocycles. The van der Waals surface area contributed by atoms with Crippen molar-refractivity contribution >= 4 is 17.4 Å². The number of imidazole rings is 1. The summed E-state index contributed by atoms with van der Waals surface area (Å²) < 4.78 is 5.16. The second-order valence-electron chi connectivity index (χ2n) is 4.59. The molecule has 0 aliphatic rings. The van der Waals surface area contributed by atoms with Crippen LogP contribution in [0, 0.1) is 0 Å². The number of nitrogens with zero attached hydrogens (tertiary/aromatic N) is 1. The number of rotatable bonds is 5. The number of aromatic amines is 1. The smallest absolute Gasteiger partial charge is 0.410 e. The highest BCUT2D eigenvalue weighted by molar-refractivity contribution is 7.13. The molecule has 2 N–H and O–H groups in total. The van der Waals surface area contributed by atoms with E-state index < -0.39 is 6.09 Å². The molecule has 0 aliphatic heterocycles. The highest BCUT2D eigenvalue weighted by Crippen LogP contribution is 2.25. The Hall–Kier alpha value is -2.60. The van der Waals surface area contributed by atoms with Gasteiger partial charge in [0.25, 0.3) is 0 Å². The fourth-order valence-electron chi connectivity index (χ4n) is 2.06. The number of H-pyrrole nitrogens is 1. The predicted molar refractivity (Wildman–Crippen MR) is 86.1 cm³/mol. The number of benzene rings is 1. The number of ether oxygens (including phenoxy) is 1. The number of para-hydroxylation sites is 1. The zero-order valence-corrected chi connectivity index (χ0v) is 12.6. The maximum absolute atomic E-state index is 11.7. The minimum atomic E-state index is -0.455. The van der Waals surface area contributed by atoms with Crippen LogP contribution in [-0.2, 0) is 6.42 Å². The van der Waals surface area contributed by atoms with Gasteiger partial charge in [0.15, 0.2) is 0 Å². The van der Waals surface area contributed by atoms with E-state index in [4.69, 9.17) is 4.74 Å². The van der Waals surface area contributed by atoms with Crippen molar-refractivity contribution in [2.75, 3.05) is 6.54 Å². The lowest BCUT2D eigenvalue weighted by Gasteiger charge is -2.06. The van der Waals surface area contributed by atoms with Gasteiger partial charge in [-0.2, -0.15) is 0 Å². The predicted octanol–water partition coefficient (Wildman–Crippen LogP) is 3.47. The number of carbonyl (C=O) groups is 1. The number of amides is 1. The summed E-state index contributed by atoms with van der Waals surface area (Å²) in [6.45, 7) is 0.478. The average molecular weight is 313 g/mol. The van der Waals surface area contributed by atoms with Crippen LogP contribution in [0.5, 0.6) is 5.75 Å². The van der Waals surface area contributed by atoms with E-state index in [9.17, 15) is 4.79 Å². The summed E-state index contributed by atoms with van der Waals surface area (Å²) in [6, 6.07) is 13.0. The van der Waals surface area contributed by atoms with Crippen molar-refractivity contribution in [3.63, 3.8) is 0 Å². The van der Waals surface area contributed by atoms with Crippen molar-refractivity contribution < 1.29 is 9.53 Å². The third-order valence-corrected chi connectivity index (χ3v) is 3.95. The molecular formula is C16H15N3O2S. The Bertz CT molecular complexity index is 723. The van der Waals surface area contributed by atoms with Crippen molar-refractivity contribution in [3.05, 3.63) is 59.9 Å². The van der Waals surface area contributed by atoms with E-state index in [2.05, 4.69) is 15.3 Å². The Morgan fingerprint density at radius 3 is 2.86 bits per heavy atom. The van der Waals surface area contributed by atoms with Crippen LogP contribution >= 0.6 is 11.3 Å². The molecule has 0 unspecified atom stereocenters.